The summed E-state index contributed by atoms with van der Waals surface area (Å²) in [4.78, 5) is 26.5. The first-order chi connectivity index (χ1) is 29.9. The zero-order chi connectivity index (χ0) is 46.4. The third-order valence-electron chi connectivity index (χ3n) is 19.6. The number of carboxylic acids is 1. The molecule has 18 heteroatoms. The van der Waals surface area contributed by atoms with Crippen LogP contribution in [0.1, 0.15) is 99.3 Å². The molecule has 0 aromatic heterocycles. The minimum absolute atomic E-state index is 0.00536. The fourth-order valence-electron chi connectivity index (χ4n) is 15.9. The molecule has 362 valence electrons. The highest BCUT2D eigenvalue weighted by Crippen LogP contribution is 2.82. The maximum absolute atomic E-state index is 14.7. The van der Waals surface area contributed by atoms with Gasteiger partial charge in [0.1, 0.15) is 61.0 Å². The third kappa shape index (κ3) is 6.48. The maximum Gasteiger partial charge on any atom is 0.335 e. The fraction of sp³-hybridized carbons (Fsp3) is 0.913. The van der Waals surface area contributed by atoms with Gasteiger partial charge in [-0.3, -0.25) is 4.79 Å². The van der Waals surface area contributed by atoms with Crippen molar-refractivity contribution in [2.45, 2.75) is 191 Å². The lowest BCUT2D eigenvalue weighted by molar-refractivity contribution is -0.363. The number of carbonyl (C=O) groups excluding carboxylic acids is 1. The number of ether oxygens (including phenoxy) is 6. The van der Waals surface area contributed by atoms with E-state index >= 15 is 0 Å². The van der Waals surface area contributed by atoms with Crippen molar-refractivity contribution in [2.75, 3.05) is 13.2 Å². The van der Waals surface area contributed by atoms with Crippen molar-refractivity contribution in [2.24, 2.45) is 56.2 Å². The van der Waals surface area contributed by atoms with Gasteiger partial charge in [-0.2, -0.15) is 0 Å². The zero-order valence-electron chi connectivity index (χ0n) is 37.6. The summed E-state index contributed by atoms with van der Waals surface area (Å²) < 4.78 is 35.6. The Morgan fingerprint density at radius 3 is 2.09 bits per heavy atom. The first-order valence-electron chi connectivity index (χ1n) is 23.3. The number of carbonyl (C=O) groups is 2. The Balaban J connectivity index is 0.950. The average molecular weight is 911 g/mol. The van der Waals surface area contributed by atoms with E-state index in [9.17, 15) is 60.7 Å². The summed E-state index contributed by atoms with van der Waals surface area (Å²) >= 11 is 0. The van der Waals surface area contributed by atoms with E-state index in [0.717, 1.165) is 44.9 Å². The van der Waals surface area contributed by atoms with Crippen LogP contribution in [0.3, 0.4) is 0 Å². The van der Waals surface area contributed by atoms with Crippen LogP contribution in [0, 0.1) is 56.2 Å². The van der Waals surface area contributed by atoms with Crippen LogP contribution in [0.2, 0.25) is 0 Å². The number of allylic oxidation sites excluding steroid dienone is 2. The van der Waals surface area contributed by atoms with Crippen molar-refractivity contribution in [1.82, 2.24) is 0 Å². The molecular formula is C46H70O18. The van der Waals surface area contributed by atoms with E-state index in [4.69, 9.17) is 28.4 Å². The lowest BCUT2D eigenvalue weighted by atomic mass is 9.34. The van der Waals surface area contributed by atoms with Crippen molar-refractivity contribution < 1.29 is 89.1 Å². The quantitative estimate of drug-likeness (QED) is 0.0877. The highest BCUT2D eigenvalue weighted by Gasteiger charge is 2.78. The molecule has 3 aliphatic heterocycles. The highest BCUT2D eigenvalue weighted by atomic mass is 16.8. The van der Waals surface area contributed by atoms with Crippen molar-refractivity contribution >= 4 is 11.9 Å². The van der Waals surface area contributed by atoms with Crippen molar-refractivity contribution in [3.63, 3.8) is 0 Å². The van der Waals surface area contributed by atoms with E-state index < -0.39 is 121 Å². The molecule has 0 radical (unpaired) electrons. The topological polar surface area (TPSA) is 292 Å². The van der Waals surface area contributed by atoms with Gasteiger partial charge in [-0.1, -0.05) is 53.2 Å². The van der Waals surface area contributed by atoms with Gasteiger partial charge in [-0.25, -0.2) is 4.79 Å². The highest BCUT2D eigenvalue weighted by molar-refractivity contribution is 5.81. The van der Waals surface area contributed by atoms with Crippen LogP contribution >= 0.6 is 0 Å². The Kier molecular flexibility index (Phi) is 11.7. The first-order valence-corrected chi connectivity index (χ1v) is 23.3. The molecule has 24 atom stereocenters. The van der Waals surface area contributed by atoms with E-state index in [-0.39, 0.29) is 51.9 Å². The van der Waals surface area contributed by atoms with E-state index in [1.165, 1.54) is 5.57 Å². The Hall–Kier alpha value is -1.88. The molecule has 0 spiro atoms. The number of hydrogen-bond donors (Lipinski definition) is 10. The Morgan fingerprint density at radius 1 is 0.719 bits per heavy atom. The number of aliphatic hydroxyl groups is 9. The van der Waals surface area contributed by atoms with E-state index in [1.807, 2.05) is 0 Å². The Labute approximate surface area is 372 Å². The van der Waals surface area contributed by atoms with Gasteiger partial charge in [0.25, 0.3) is 0 Å². The molecule has 8 fully saturated rings. The second-order valence-corrected chi connectivity index (χ2v) is 22.7. The van der Waals surface area contributed by atoms with Crippen LogP contribution in [0.15, 0.2) is 11.6 Å². The van der Waals surface area contributed by atoms with Gasteiger partial charge in [0, 0.05) is 0 Å². The Morgan fingerprint density at radius 2 is 1.41 bits per heavy atom. The van der Waals surface area contributed by atoms with E-state index in [0.29, 0.717) is 12.8 Å². The molecule has 0 unspecified atom stereocenters. The van der Waals surface area contributed by atoms with Gasteiger partial charge in [-0.15, -0.1) is 0 Å². The van der Waals surface area contributed by atoms with Gasteiger partial charge >= 0.3 is 11.9 Å². The molecule has 0 aromatic carbocycles. The molecule has 10 N–H and O–H groups in total. The first kappa shape index (κ1) is 47.2. The molecule has 0 amide bonds. The lowest BCUT2D eigenvalue weighted by Gasteiger charge is -2.70. The molecular weight excluding hydrogens is 840 g/mol. The second kappa shape index (κ2) is 15.8. The van der Waals surface area contributed by atoms with Gasteiger partial charge in [0.15, 0.2) is 18.7 Å². The number of aliphatic hydroxyl groups excluding tert-OH is 9. The van der Waals surface area contributed by atoms with Gasteiger partial charge in [0.2, 0.25) is 6.29 Å². The molecule has 9 rings (SSSR count). The third-order valence-corrected chi connectivity index (χ3v) is 19.6. The summed E-state index contributed by atoms with van der Waals surface area (Å²) in [5.74, 6) is -1.68. The SMILES string of the molecule is CC1(C)[C@H]2CC[C@]3(C)[C@@H](CC=C4[C@H]5C[C@]6(C)CC[C@@]5(C(=O)O[C@H]5O[C@@H](CO)[C@H](O)[C@@H](O)[C@@H]5O)[C@@H]6C[C@@]43C)[C@]2(C)CC[C@H]1O[C@H]1OC[C@H](O)[C@@H](O)[C@@H]1O[C@@H]1O[C@H](C(=O)O)[C@@H](O)[C@H](O)[C@H]1O. The molecule has 3 heterocycles. The number of hydrogen-bond acceptors (Lipinski definition) is 17. The fourth-order valence-corrected chi connectivity index (χ4v) is 15.9. The average Bonchev–Trinajstić information content (AvgIpc) is 3.62. The number of carboxylic acid groups (broad SMARTS) is 1. The van der Waals surface area contributed by atoms with Crippen LogP contribution < -0.4 is 0 Å². The summed E-state index contributed by atoms with van der Waals surface area (Å²) in [5.41, 5.74) is -0.602. The van der Waals surface area contributed by atoms with Gasteiger partial charge in [-0.05, 0) is 109 Å². The monoisotopic (exact) mass is 910 g/mol. The molecule has 5 saturated carbocycles. The Bertz CT molecular complexity index is 1860. The molecule has 0 aromatic rings. The van der Waals surface area contributed by atoms with Crippen LogP contribution in [0.5, 0.6) is 0 Å². The second-order valence-electron chi connectivity index (χ2n) is 22.7. The van der Waals surface area contributed by atoms with Crippen LogP contribution in [0.25, 0.3) is 0 Å². The largest absolute Gasteiger partial charge is 0.479 e. The van der Waals surface area contributed by atoms with Gasteiger partial charge in [0.05, 0.1) is 24.7 Å². The number of rotatable bonds is 8. The molecule has 18 nitrogen and oxygen atoms in total. The predicted molar refractivity (Wildman–Crippen MR) is 218 cm³/mol. The molecule has 6 aliphatic carbocycles. The normalized spacial score (nSPS) is 56.3. The molecule has 4 bridgehead atoms. The summed E-state index contributed by atoms with van der Waals surface area (Å²) in [6, 6.07) is 0. The van der Waals surface area contributed by atoms with Crippen molar-refractivity contribution in [3.8, 4) is 0 Å². The molecule has 9 aliphatic rings. The summed E-state index contributed by atoms with van der Waals surface area (Å²) in [6.07, 6.45) is -13.7. The van der Waals surface area contributed by atoms with Crippen molar-refractivity contribution in [3.05, 3.63) is 11.6 Å². The summed E-state index contributed by atoms with van der Waals surface area (Å²) in [7, 11) is 0. The number of esters is 1. The van der Waals surface area contributed by atoms with Gasteiger partial charge < -0.3 is 79.5 Å². The maximum atomic E-state index is 14.7. The summed E-state index contributed by atoms with van der Waals surface area (Å²) in [5, 5.41) is 104. The van der Waals surface area contributed by atoms with Crippen molar-refractivity contribution in [1.29, 1.82) is 0 Å². The standard InChI is InChI=1S/C46H70O18/c1-41(2)23-9-12-44(5)24(43(23,4)11-10-26(41)61-39-35(27(49)21(48)18-59-39)63-38-33(55)30(52)31(53)34(62-38)36(56)57)8-7-19-20-15-42(3)13-14-46(20,25(42)16-45(19,44)6)40(58)64-37-32(54)29(51)28(50)22(17-47)60-37/h7,20-35,37-39,47-55H,8-18H2,1-6H3,(H,56,57)/t20-,21+,22+,23-,24+,25-,26-,27-,28+,29-,30+,31+,32+,33-,34+,35+,37-,38+,39-,42+,43-,44-,45+,46+/m1/s1. The van der Waals surface area contributed by atoms with Crippen LogP contribution in [0.4, 0.5) is 0 Å². The number of aliphatic carboxylic acids is 1. The minimum Gasteiger partial charge on any atom is -0.479 e. The van der Waals surface area contributed by atoms with Crippen LogP contribution in [-0.4, -0.2) is 168 Å². The lowest BCUT2D eigenvalue weighted by Crippen LogP contribution is -2.66. The van der Waals surface area contributed by atoms with E-state index in [1.54, 1.807) is 0 Å². The predicted octanol–water partition coefficient (Wildman–Crippen LogP) is 0.0917. The zero-order valence-corrected chi connectivity index (χ0v) is 37.6. The number of fused-ring (bicyclic) bond motifs is 6. The smallest absolute Gasteiger partial charge is 0.335 e. The van der Waals surface area contributed by atoms with E-state index in [2.05, 4.69) is 47.6 Å². The minimum atomic E-state index is -1.94. The summed E-state index contributed by atoms with van der Waals surface area (Å²) in [6.45, 7) is 13.0. The molecule has 3 saturated heterocycles. The van der Waals surface area contributed by atoms with Crippen LogP contribution in [-0.2, 0) is 38.0 Å². The molecule has 64 heavy (non-hydrogen) atoms.